The summed E-state index contributed by atoms with van der Waals surface area (Å²) in [4.78, 5) is 43.8. The molecule has 2 fully saturated rings. The average molecular weight is 489 g/mol. The van der Waals surface area contributed by atoms with E-state index in [1.165, 1.54) is 4.90 Å². The van der Waals surface area contributed by atoms with E-state index < -0.39 is 36.1 Å². The van der Waals surface area contributed by atoms with Crippen molar-refractivity contribution >= 4 is 44.7 Å². The number of hydrogen-bond acceptors (Lipinski definition) is 6. The molecular formula is C23H25BrN2O5. The zero-order chi connectivity index (χ0) is 22.5. The Morgan fingerprint density at radius 1 is 1.19 bits per heavy atom. The number of esters is 1. The standard InChI is InChI=1S/C23H25BrN2O5/c1-12-15-10-18(26(20(12)15)22(29)31-23(2,3)4)21(28)30-11-19(27)17-7-5-13-9-14(24)6-8-16(13)25-17/h5-9,12,15,18,20H,10-11H2,1-4H3. The van der Waals surface area contributed by atoms with Crippen molar-refractivity contribution in [3.8, 4) is 0 Å². The number of aromatic nitrogens is 1. The number of hydrogen-bond donors (Lipinski definition) is 0. The zero-order valence-corrected chi connectivity index (χ0v) is 19.5. The summed E-state index contributed by atoms with van der Waals surface area (Å²) in [6.45, 7) is 7.00. The van der Waals surface area contributed by atoms with Gasteiger partial charge >= 0.3 is 12.1 Å². The lowest BCUT2D eigenvalue weighted by molar-refractivity contribution is -0.148. The molecule has 1 saturated heterocycles. The lowest BCUT2D eigenvalue weighted by Gasteiger charge is -2.30. The molecule has 1 aliphatic carbocycles. The molecule has 1 amide bonds. The first kappa shape index (κ1) is 21.7. The predicted molar refractivity (Wildman–Crippen MR) is 118 cm³/mol. The molecule has 164 valence electrons. The summed E-state index contributed by atoms with van der Waals surface area (Å²) in [6, 6.07) is 8.26. The molecule has 1 aromatic heterocycles. The molecule has 0 radical (unpaired) electrons. The first-order valence-electron chi connectivity index (χ1n) is 10.3. The Hall–Kier alpha value is -2.48. The molecular weight excluding hydrogens is 464 g/mol. The quantitative estimate of drug-likeness (QED) is 0.469. The number of likely N-dealkylation sites (tertiary alicyclic amines) is 1. The second-order valence-electron chi connectivity index (χ2n) is 9.22. The molecule has 1 aromatic carbocycles. The van der Waals surface area contributed by atoms with E-state index in [1.807, 2.05) is 18.2 Å². The van der Waals surface area contributed by atoms with Crippen LogP contribution < -0.4 is 0 Å². The van der Waals surface area contributed by atoms with Gasteiger partial charge in [-0.3, -0.25) is 9.69 Å². The molecule has 1 aliphatic heterocycles. The van der Waals surface area contributed by atoms with Crippen LogP contribution in [0.1, 0.15) is 44.6 Å². The largest absolute Gasteiger partial charge is 0.456 e. The molecule has 1 saturated carbocycles. The van der Waals surface area contributed by atoms with Crippen LogP contribution in [0.3, 0.4) is 0 Å². The second-order valence-corrected chi connectivity index (χ2v) is 10.1. The molecule has 8 heteroatoms. The van der Waals surface area contributed by atoms with Crippen LogP contribution in [-0.4, -0.2) is 52.0 Å². The molecule has 2 aromatic rings. The highest BCUT2D eigenvalue weighted by atomic mass is 79.9. The SMILES string of the molecule is CC1C2CC(C(=O)OCC(=O)c3ccc4cc(Br)ccc4n3)N(C(=O)OC(C)(C)C)C12. The molecule has 31 heavy (non-hydrogen) atoms. The average Bonchev–Trinajstić information content (AvgIpc) is 3.13. The Bertz CT molecular complexity index is 1060. The van der Waals surface area contributed by atoms with E-state index in [0.29, 0.717) is 17.9 Å². The Labute approximate surface area is 189 Å². The fourth-order valence-corrected chi connectivity index (χ4v) is 4.63. The number of carbonyl (C=O) groups excluding carboxylic acids is 3. The molecule has 2 aliphatic rings. The van der Waals surface area contributed by atoms with E-state index in [1.54, 1.807) is 32.9 Å². The zero-order valence-electron chi connectivity index (χ0n) is 17.9. The number of amides is 1. The second kappa shape index (κ2) is 7.89. The smallest absolute Gasteiger partial charge is 0.411 e. The minimum atomic E-state index is -0.726. The summed E-state index contributed by atoms with van der Waals surface area (Å²) < 4.78 is 11.7. The number of Topliss-reactive ketones (excluding diaryl/α,β-unsaturated/α-hetero) is 1. The van der Waals surface area contributed by atoms with Crippen molar-refractivity contribution in [2.75, 3.05) is 6.61 Å². The monoisotopic (exact) mass is 488 g/mol. The van der Waals surface area contributed by atoms with E-state index in [-0.39, 0.29) is 17.7 Å². The van der Waals surface area contributed by atoms with Crippen LogP contribution in [0.2, 0.25) is 0 Å². The third-order valence-electron chi connectivity index (χ3n) is 5.82. The Morgan fingerprint density at radius 2 is 1.94 bits per heavy atom. The highest BCUT2D eigenvalue weighted by molar-refractivity contribution is 9.10. The number of rotatable bonds is 4. The van der Waals surface area contributed by atoms with E-state index in [2.05, 4.69) is 27.8 Å². The van der Waals surface area contributed by atoms with Crippen LogP contribution in [0.25, 0.3) is 10.9 Å². The Morgan fingerprint density at radius 3 is 2.65 bits per heavy atom. The number of nitrogens with zero attached hydrogens (tertiary/aromatic N) is 2. The van der Waals surface area contributed by atoms with Crippen molar-refractivity contribution in [1.82, 2.24) is 9.88 Å². The third-order valence-corrected chi connectivity index (χ3v) is 6.32. The number of halogens is 1. The van der Waals surface area contributed by atoms with Gasteiger partial charge in [0.25, 0.3) is 0 Å². The van der Waals surface area contributed by atoms with Gasteiger partial charge in [0, 0.05) is 15.9 Å². The van der Waals surface area contributed by atoms with E-state index in [9.17, 15) is 14.4 Å². The number of pyridine rings is 1. The van der Waals surface area contributed by atoms with Gasteiger partial charge in [-0.1, -0.05) is 28.9 Å². The van der Waals surface area contributed by atoms with Crippen molar-refractivity contribution in [1.29, 1.82) is 0 Å². The molecule has 4 atom stereocenters. The molecule has 0 bridgehead atoms. The van der Waals surface area contributed by atoms with Gasteiger partial charge in [-0.25, -0.2) is 14.6 Å². The first-order valence-corrected chi connectivity index (χ1v) is 11.1. The molecule has 4 rings (SSSR count). The van der Waals surface area contributed by atoms with Gasteiger partial charge in [-0.15, -0.1) is 0 Å². The summed E-state index contributed by atoms with van der Waals surface area (Å²) in [5.41, 5.74) is 0.255. The minimum Gasteiger partial charge on any atom is -0.456 e. The highest BCUT2D eigenvalue weighted by Gasteiger charge is 2.63. The lowest BCUT2D eigenvalue weighted by atomic mass is 10.1. The fourth-order valence-electron chi connectivity index (χ4n) is 4.25. The van der Waals surface area contributed by atoms with Crippen LogP contribution in [-0.2, 0) is 14.3 Å². The van der Waals surface area contributed by atoms with Gasteiger partial charge in [0.1, 0.15) is 17.3 Å². The summed E-state index contributed by atoms with van der Waals surface area (Å²) in [5.74, 6) is -0.371. The van der Waals surface area contributed by atoms with Crippen LogP contribution in [0.4, 0.5) is 4.79 Å². The maximum absolute atomic E-state index is 12.7. The van der Waals surface area contributed by atoms with Gasteiger partial charge in [0.05, 0.1) is 5.52 Å². The minimum absolute atomic E-state index is 0.00965. The number of ether oxygens (including phenoxy) is 2. The molecule has 0 N–H and O–H groups in total. The normalized spacial score (nSPS) is 24.6. The molecule has 2 heterocycles. The van der Waals surface area contributed by atoms with Crippen molar-refractivity contribution in [3.05, 3.63) is 40.5 Å². The third kappa shape index (κ3) is 4.44. The van der Waals surface area contributed by atoms with Gasteiger partial charge < -0.3 is 9.47 Å². The molecule has 0 spiro atoms. The van der Waals surface area contributed by atoms with Gasteiger partial charge in [0.2, 0.25) is 5.78 Å². The summed E-state index contributed by atoms with van der Waals surface area (Å²) in [6.07, 6.45) is 0.0151. The molecule has 4 unspecified atom stereocenters. The summed E-state index contributed by atoms with van der Waals surface area (Å²) in [5, 5.41) is 0.898. The van der Waals surface area contributed by atoms with Crippen molar-refractivity contribution < 1.29 is 23.9 Å². The van der Waals surface area contributed by atoms with E-state index in [0.717, 1.165) is 9.86 Å². The predicted octanol–water partition coefficient (Wildman–Crippen LogP) is 4.37. The van der Waals surface area contributed by atoms with Gasteiger partial charge in [-0.05, 0) is 63.3 Å². The fraction of sp³-hybridized carbons (Fsp3) is 0.478. The number of piperidine rings is 1. The van der Waals surface area contributed by atoms with Crippen molar-refractivity contribution in [3.63, 3.8) is 0 Å². The van der Waals surface area contributed by atoms with Gasteiger partial charge in [0.15, 0.2) is 6.61 Å². The number of carbonyl (C=O) groups is 3. The van der Waals surface area contributed by atoms with Crippen LogP contribution in [0, 0.1) is 11.8 Å². The number of benzene rings is 1. The van der Waals surface area contributed by atoms with E-state index >= 15 is 0 Å². The Balaban J connectivity index is 1.41. The van der Waals surface area contributed by atoms with E-state index in [4.69, 9.17) is 9.47 Å². The Kier molecular flexibility index (Phi) is 5.54. The van der Waals surface area contributed by atoms with Crippen molar-refractivity contribution in [2.45, 2.75) is 51.8 Å². The molecule has 7 nitrogen and oxygen atoms in total. The van der Waals surface area contributed by atoms with Crippen LogP contribution in [0.5, 0.6) is 0 Å². The first-order chi connectivity index (χ1) is 14.5. The highest BCUT2D eigenvalue weighted by Crippen LogP contribution is 2.53. The topological polar surface area (TPSA) is 85.8 Å². The maximum atomic E-state index is 12.7. The van der Waals surface area contributed by atoms with Crippen molar-refractivity contribution in [2.24, 2.45) is 11.8 Å². The lowest BCUT2D eigenvalue weighted by Crippen LogP contribution is -2.47. The van der Waals surface area contributed by atoms with Crippen LogP contribution >= 0.6 is 15.9 Å². The number of fused-ring (bicyclic) bond motifs is 2. The summed E-state index contributed by atoms with van der Waals surface area (Å²) >= 11 is 3.41. The summed E-state index contributed by atoms with van der Waals surface area (Å²) in [7, 11) is 0. The van der Waals surface area contributed by atoms with Gasteiger partial charge in [-0.2, -0.15) is 0 Å². The number of ketones is 1. The maximum Gasteiger partial charge on any atom is 0.411 e. The van der Waals surface area contributed by atoms with Crippen LogP contribution in [0.15, 0.2) is 34.8 Å².